The summed E-state index contributed by atoms with van der Waals surface area (Å²) in [7, 11) is 0. The molecule has 0 aliphatic rings. The van der Waals surface area contributed by atoms with Crippen LogP contribution >= 0.6 is 11.3 Å². The molecule has 0 fully saturated rings. The molecule has 2 aromatic rings. The number of thiazole rings is 1. The van der Waals surface area contributed by atoms with Gasteiger partial charge in [0.05, 0.1) is 6.04 Å². The molecule has 3 nitrogen and oxygen atoms in total. The Morgan fingerprint density at radius 1 is 1.30 bits per heavy atom. The van der Waals surface area contributed by atoms with E-state index in [1.807, 2.05) is 24.4 Å². The average Bonchev–Trinajstić information content (AvgIpc) is 2.91. The molecule has 1 aromatic carbocycles. The van der Waals surface area contributed by atoms with Gasteiger partial charge in [-0.3, -0.25) is 0 Å². The van der Waals surface area contributed by atoms with Gasteiger partial charge in [0.25, 0.3) is 0 Å². The summed E-state index contributed by atoms with van der Waals surface area (Å²) in [5, 5.41) is 4.67. The highest BCUT2D eigenvalue weighted by molar-refractivity contribution is 7.11. The molecule has 2 atom stereocenters. The molecule has 0 bridgehead atoms. The van der Waals surface area contributed by atoms with Gasteiger partial charge in [0.2, 0.25) is 0 Å². The molecule has 0 saturated carbocycles. The zero-order valence-corrected chi connectivity index (χ0v) is 13.0. The molecule has 2 rings (SSSR count). The van der Waals surface area contributed by atoms with E-state index in [2.05, 4.69) is 36.3 Å². The molecule has 3 N–H and O–H groups in total. The van der Waals surface area contributed by atoms with Crippen molar-refractivity contribution < 1.29 is 0 Å². The van der Waals surface area contributed by atoms with E-state index >= 15 is 0 Å². The molecule has 4 heteroatoms. The number of aromatic nitrogens is 1. The number of nitrogens with two attached hydrogens (primary N) is 1. The van der Waals surface area contributed by atoms with E-state index in [1.165, 1.54) is 10.4 Å². The normalized spacial score (nSPS) is 14.2. The van der Waals surface area contributed by atoms with Gasteiger partial charge in [-0.1, -0.05) is 30.3 Å². The van der Waals surface area contributed by atoms with Crippen molar-refractivity contribution >= 4 is 11.3 Å². The van der Waals surface area contributed by atoms with Gasteiger partial charge < -0.3 is 11.1 Å². The number of aryl methyl sites for hydroxylation is 1. The van der Waals surface area contributed by atoms with Crippen molar-refractivity contribution in [2.75, 3.05) is 6.54 Å². The van der Waals surface area contributed by atoms with E-state index < -0.39 is 0 Å². The molecule has 0 spiro atoms. The van der Waals surface area contributed by atoms with Crippen molar-refractivity contribution in [3.63, 3.8) is 0 Å². The SMILES string of the molecule is Cc1cnc(C(C)NCCCC(N)c2ccccc2)s1. The fraction of sp³-hybridized carbons (Fsp3) is 0.438. The highest BCUT2D eigenvalue weighted by Gasteiger charge is 2.09. The third-order valence-electron chi connectivity index (χ3n) is 3.38. The minimum atomic E-state index is 0.135. The van der Waals surface area contributed by atoms with Crippen molar-refractivity contribution in [2.45, 2.75) is 38.8 Å². The number of nitrogens with one attached hydrogen (secondary N) is 1. The first-order valence-corrected chi connectivity index (χ1v) is 7.94. The molecule has 0 aliphatic carbocycles. The zero-order valence-electron chi connectivity index (χ0n) is 12.2. The van der Waals surface area contributed by atoms with Gasteiger partial charge >= 0.3 is 0 Å². The summed E-state index contributed by atoms with van der Waals surface area (Å²) in [4.78, 5) is 5.67. The minimum Gasteiger partial charge on any atom is -0.324 e. The second-order valence-electron chi connectivity index (χ2n) is 5.14. The van der Waals surface area contributed by atoms with Gasteiger partial charge in [-0.2, -0.15) is 0 Å². The maximum absolute atomic E-state index is 6.19. The largest absolute Gasteiger partial charge is 0.324 e. The predicted octanol–water partition coefficient (Wildman–Crippen LogP) is 3.58. The highest BCUT2D eigenvalue weighted by Crippen LogP contribution is 2.19. The second-order valence-corrected chi connectivity index (χ2v) is 6.41. The van der Waals surface area contributed by atoms with Crippen molar-refractivity contribution in [1.82, 2.24) is 10.3 Å². The van der Waals surface area contributed by atoms with E-state index in [0.717, 1.165) is 24.4 Å². The Morgan fingerprint density at radius 2 is 2.05 bits per heavy atom. The van der Waals surface area contributed by atoms with Crippen LogP contribution in [0.15, 0.2) is 36.5 Å². The van der Waals surface area contributed by atoms with Gasteiger partial charge in [0, 0.05) is 17.1 Å². The van der Waals surface area contributed by atoms with Crippen LogP contribution in [0.1, 0.15) is 47.3 Å². The number of rotatable bonds is 7. The van der Waals surface area contributed by atoms with E-state index in [0.29, 0.717) is 6.04 Å². The third kappa shape index (κ3) is 4.40. The van der Waals surface area contributed by atoms with E-state index in [4.69, 9.17) is 5.73 Å². The highest BCUT2D eigenvalue weighted by atomic mass is 32.1. The standard InChI is InChI=1S/C16H23N3S/c1-12-11-19-16(20-12)13(2)18-10-6-9-15(17)14-7-4-3-5-8-14/h3-5,7-8,11,13,15,18H,6,9-10,17H2,1-2H3. The van der Waals surface area contributed by atoms with Gasteiger partial charge in [0.1, 0.15) is 5.01 Å². The Bertz CT molecular complexity index is 509. The quantitative estimate of drug-likeness (QED) is 0.766. The monoisotopic (exact) mass is 289 g/mol. The van der Waals surface area contributed by atoms with Crippen LogP contribution < -0.4 is 11.1 Å². The Morgan fingerprint density at radius 3 is 2.70 bits per heavy atom. The molecule has 0 amide bonds. The van der Waals surface area contributed by atoms with Gasteiger partial charge in [0.15, 0.2) is 0 Å². The summed E-state index contributed by atoms with van der Waals surface area (Å²) >= 11 is 1.76. The molecular formula is C16H23N3S. The summed E-state index contributed by atoms with van der Waals surface area (Å²) in [6.07, 6.45) is 4.01. The van der Waals surface area contributed by atoms with Gasteiger partial charge in [-0.25, -0.2) is 4.98 Å². The maximum atomic E-state index is 6.19. The lowest BCUT2D eigenvalue weighted by molar-refractivity contribution is 0.519. The van der Waals surface area contributed by atoms with Gasteiger partial charge in [-0.05, 0) is 38.8 Å². The van der Waals surface area contributed by atoms with Crippen molar-refractivity contribution in [3.05, 3.63) is 52.0 Å². The fourth-order valence-corrected chi connectivity index (χ4v) is 2.97. The lowest BCUT2D eigenvalue weighted by Gasteiger charge is -2.14. The summed E-state index contributed by atoms with van der Waals surface area (Å²) in [5.41, 5.74) is 7.41. The first-order valence-electron chi connectivity index (χ1n) is 7.13. The summed E-state index contributed by atoms with van der Waals surface area (Å²) < 4.78 is 0. The molecular weight excluding hydrogens is 266 g/mol. The molecule has 0 aliphatic heterocycles. The molecule has 0 saturated heterocycles. The first-order chi connectivity index (χ1) is 9.66. The van der Waals surface area contributed by atoms with Crippen molar-refractivity contribution in [1.29, 1.82) is 0 Å². The molecule has 1 aromatic heterocycles. The van der Waals surface area contributed by atoms with Crippen LogP contribution in [0.5, 0.6) is 0 Å². The second kappa shape index (κ2) is 7.53. The van der Waals surface area contributed by atoms with Crippen molar-refractivity contribution in [3.8, 4) is 0 Å². The molecule has 1 heterocycles. The summed E-state index contributed by atoms with van der Waals surface area (Å²) in [5.74, 6) is 0. The molecule has 0 radical (unpaired) electrons. The van der Waals surface area contributed by atoms with Crippen molar-refractivity contribution in [2.24, 2.45) is 5.73 Å². The Balaban J connectivity index is 1.69. The van der Waals surface area contributed by atoms with Crippen LogP contribution in [0.3, 0.4) is 0 Å². The zero-order chi connectivity index (χ0) is 14.4. The Kier molecular flexibility index (Phi) is 5.71. The lowest BCUT2D eigenvalue weighted by atomic mass is 10.0. The lowest BCUT2D eigenvalue weighted by Crippen LogP contribution is -2.21. The smallest absolute Gasteiger partial charge is 0.109 e. The molecule has 2 unspecified atom stereocenters. The summed E-state index contributed by atoms with van der Waals surface area (Å²) in [6.45, 7) is 5.22. The van der Waals surface area contributed by atoms with E-state index in [9.17, 15) is 0 Å². The Labute approximate surface area is 125 Å². The number of hydrogen-bond donors (Lipinski definition) is 2. The fourth-order valence-electron chi connectivity index (χ4n) is 2.17. The first kappa shape index (κ1) is 15.2. The number of hydrogen-bond acceptors (Lipinski definition) is 4. The third-order valence-corrected chi connectivity index (χ3v) is 4.48. The van der Waals surface area contributed by atoms with Crippen LogP contribution in [0, 0.1) is 6.92 Å². The van der Waals surface area contributed by atoms with E-state index in [-0.39, 0.29) is 6.04 Å². The summed E-state index contributed by atoms with van der Waals surface area (Å²) in [6, 6.07) is 10.8. The predicted molar refractivity (Wildman–Crippen MR) is 85.9 cm³/mol. The van der Waals surface area contributed by atoms with Crippen LogP contribution in [0.4, 0.5) is 0 Å². The van der Waals surface area contributed by atoms with Gasteiger partial charge in [-0.15, -0.1) is 11.3 Å². The van der Waals surface area contributed by atoms with Crippen LogP contribution in [-0.2, 0) is 0 Å². The Hall–Kier alpha value is -1.23. The van der Waals surface area contributed by atoms with Crippen LogP contribution in [0.25, 0.3) is 0 Å². The van der Waals surface area contributed by atoms with Crippen LogP contribution in [-0.4, -0.2) is 11.5 Å². The van der Waals surface area contributed by atoms with E-state index in [1.54, 1.807) is 11.3 Å². The maximum Gasteiger partial charge on any atom is 0.109 e. The molecule has 20 heavy (non-hydrogen) atoms. The average molecular weight is 289 g/mol. The number of benzene rings is 1. The molecule has 108 valence electrons. The topological polar surface area (TPSA) is 50.9 Å². The number of nitrogens with zero attached hydrogens (tertiary/aromatic N) is 1. The van der Waals surface area contributed by atoms with Crippen LogP contribution in [0.2, 0.25) is 0 Å². The minimum absolute atomic E-state index is 0.135.